The molecule has 1 fully saturated rings. The molecule has 0 radical (unpaired) electrons. The second-order valence-electron chi connectivity index (χ2n) is 7.26. The lowest BCUT2D eigenvalue weighted by Crippen LogP contribution is -2.41. The van der Waals surface area contributed by atoms with Gasteiger partial charge in [-0.05, 0) is 71.9 Å². The number of amides is 1. The lowest BCUT2D eigenvalue weighted by molar-refractivity contribution is 0.0915. The van der Waals surface area contributed by atoms with Crippen molar-refractivity contribution >= 4 is 17.2 Å². The van der Waals surface area contributed by atoms with Crippen LogP contribution < -0.4 is 5.32 Å². The number of piperidine rings is 1. The van der Waals surface area contributed by atoms with E-state index in [9.17, 15) is 4.79 Å². The van der Waals surface area contributed by atoms with Gasteiger partial charge in [0.25, 0.3) is 5.91 Å². The third-order valence-electron chi connectivity index (χ3n) is 5.31. The predicted molar refractivity (Wildman–Crippen MR) is 109 cm³/mol. The molecule has 4 rings (SSSR count). The zero-order valence-electron chi connectivity index (χ0n) is 15.9. The topological polar surface area (TPSA) is 75.9 Å². The molecule has 7 nitrogen and oxygen atoms in total. The molecule has 8 heteroatoms. The van der Waals surface area contributed by atoms with Gasteiger partial charge in [-0.1, -0.05) is 19.1 Å². The Morgan fingerprint density at radius 2 is 2.14 bits per heavy atom. The summed E-state index contributed by atoms with van der Waals surface area (Å²) in [6, 6.07) is 11.8. The van der Waals surface area contributed by atoms with Crippen LogP contribution in [0.4, 0.5) is 0 Å². The number of hydrogen-bond acceptors (Lipinski definition) is 6. The number of carbonyl (C=O) groups excluding carboxylic acids is 1. The third-order valence-corrected chi connectivity index (χ3v) is 6.28. The van der Waals surface area contributed by atoms with E-state index < -0.39 is 0 Å². The summed E-state index contributed by atoms with van der Waals surface area (Å²) in [5.41, 5.74) is 1.36. The van der Waals surface area contributed by atoms with Crippen molar-refractivity contribution in [2.24, 2.45) is 5.92 Å². The van der Waals surface area contributed by atoms with Gasteiger partial charge in [-0.15, -0.1) is 16.4 Å². The number of aromatic nitrogens is 4. The number of nitrogens with zero attached hydrogens (tertiary/aromatic N) is 5. The Hall–Kier alpha value is -2.58. The molecule has 1 atom stereocenters. The number of nitrogens with one attached hydrogen (secondary N) is 1. The number of hydrogen-bond donors (Lipinski definition) is 1. The molecule has 3 aromatic rings. The monoisotopic (exact) mass is 396 g/mol. The van der Waals surface area contributed by atoms with Gasteiger partial charge in [0.15, 0.2) is 0 Å². The van der Waals surface area contributed by atoms with Gasteiger partial charge in [-0.25, -0.2) is 4.68 Å². The Kier molecular flexibility index (Phi) is 5.78. The molecule has 146 valence electrons. The van der Waals surface area contributed by atoms with Crippen molar-refractivity contribution < 1.29 is 4.79 Å². The standard InChI is InChI=1S/C20H24N6OS/c1-15-7-9-25(10-8-15)18(19-6-3-11-28-19)13-21-20(27)16-4-2-5-17(12-16)26-14-22-23-24-26/h2-6,11-12,14-15,18H,7-10,13H2,1H3,(H,21,27)/t18-/m0/s1. The van der Waals surface area contributed by atoms with Crippen LogP contribution in [-0.4, -0.2) is 50.6 Å². The Morgan fingerprint density at radius 3 is 2.86 bits per heavy atom. The summed E-state index contributed by atoms with van der Waals surface area (Å²) in [6.45, 7) is 5.07. The van der Waals surface area contributed by atoms with Crippen LogP contribution >= 0.6 is 11.3 Å². The van der Waals surface area contributed by atoms with Crippen LogP contribution in [0.3, 0.4) is 0 Å². The van der Waals surface area contributed by atoms with Gasteiger partial charge in [-0.3, -0.25) is 9.69 Å². The van der Waals surface area contributed by atoms with Crippen LogP contribution in [0.1, 0.15) is 41.0 Å². The normalized spacial score (nSPS) is 16.8. The molecule has 1 N–H and O–H groups in total. The van der Waals surface area contributed by atoms with Crippen molar-refractivity contribution in [3.8, 4) is 5.69 Å². The van der Waals surface area contributed by atoms with E-state index in [1.807, 2.05) is 18.2 Å². The summed E-state index contributed by atoms with van der Waals surface area (Å²) in [7, 11) is 0. The Morgan fingerprint density at radius 1 is 1.29 bits per heavy atom. The van der Waals surface area contributed by atoms with Crippen LogP contribution in [0.25, 0.3) is 5.69 Å². The number of likely N-dealkylation sites (tertiary alicyclic amines) is 1. The van der Waals surface area contributed by atoms with Crippen molar-refractivity contribution in [1.82, 2.24) is 30.4 Å². The molecule has 0 saturated carbocycles. The molecule has 28 heavy (non-hydrogen) atoms. The second-order valence-corrected chi connectivity index (χ2v) is 8.24. The smallest absolute Gasteiger partial charge is 0.251 e. The highest BCUT2D eigenvalue weighted by molar-refractivity contribution is 7.10. The van der Waals surface area contributed by atoms with E-state index in [0.717, 1.165) is 24.7 Å². The van der Waals surface area contributed by atoms with E-state index in [1.54, 1.807) is 22.1 Å². The lowest BCUT2D eigenvalue weighted by atomic mass is 9.97. The fourth-order valence-electron chi connectivity index (χ4n) is 3.59. The highest BCUT2D eigenvalue weighted by atomic mass is 32.1. The summed E-state index contributed by atoms with van der Waals surface area (Å²) in [6.07, 6.45) is 3.94. The van der Waals surface area contributed by atoms with E-state index in [0.29, 0.717) is 12.1 Å². The molecule has 3 heterocycles. The van der Waals surface area contributed by atoms with Crippen molar-refractivity contribution in [1.29, 1.82) is 0 Å². The van der Waals surface area contributed by atoms with E-state index in [-0.39, 0.29) is 11.9 Å². The first kappa shape index (κ1) is 18.8. The minimum atomic E-state index is -0.0816. The first-order valence-electron chi connectivity index (χ1n) is 9.60. The summed E-state index contributed by atoms with van der Waals surface area (Å²) < 4.78 is 1.54. The number of carbonyl (C=O) groups is 1. The summed E-state index contributed by atoms with van der Waals surface area (Å²) in [5, 5.41) is 16.4. The van der Waals surface area contributed by atoms with Gasteiger partial charge < -0.3 is 5.32 Å². The molecule has 1 aromatic carbocycles. The van der Waals surface area contributed by atoms with Gasteiger partial charge in [-0.2, -0.15) is 0 Å². The van der Waals surface area contributed by atoms with Gasteiger partial charge in [0, 0.05) is 17.0 Å². The van der Waals surface area contributed by atoms with Crippen molar-refractivity contribution in [2.45, 2.75) is 25.8 Å². The average molecular weight is 397 g/mol. The maximum atomic E-state index is 12.8. The minimum absolute atomic E-state index is 0.0816. The van der Waals surface area contributed by atoms with Gasteiger partial charge in [0.05, 0.1) is 11.7 Å². The molecule has 0 aliphatic carbocycles. The van der Waals surface area contributed by atoms with E-state index in [2.05, 4.69) is 50.2 Å². The molecule has 0 bridgehead atoms. The summed E-state index contributed by atoms with van der Waals surface area (Å²) in [5.74, 6) is 0.700. The summed E-state index contributed by atoms with van der Waals surface area (Å²) >= 11 is 1.76. The number of benzene rings is 1. The second kappa shape index (κ2) is 8.62. The molecule has 1 amide bonds. The molecular formula is C20H24N6OS. The van der Waals surface area contributed by atoms with Crippen LogP contribution in [0.15, 0.2) is 48.1 Å². The fourth-order valence-corrected chi connectivity index (χ4v) is 4.45. The highest BCUT2D eigenvalue weighted by Crippen LogP contribution is 2.29. The van der Waals surface area contributed by atoms with Crippen LogP contribution in [0.2, 0.25) is 0 Å². The van der Waals surface area contributed by atoms with Crippen LogP contribution in [0, 0.1) is 5.92 Å². The largest absolute Gasteiger partial charge is 0.350 e. The Bertz CT molecular complexity index is 887. The van der Waals surface area contributed by atoms with Crippen molar-refractivity contribution in [3.63, 3.8) is 0 Å². The zero-order chi connectivity index (χ0) is 19.3. The van der Waals surface area contributed by atoms with Gasteiger partial charge in [0.2, 0.25) is 0 Å². The maximum absolute atomic E-state index is 12.8. The molecule has 1 saturated heterocycles. The average Bonchev–Trinajstić information content (AvgIpc) is 3.44. The SMILES string of the molecule is CC1CCN([C@@H](CNC(=O)c2cccc(-n3cnnn3)c2)c2cccs2)CC1. The molecular weight excluding hydrogens is 372 g/mol. The first-order valence-corrected chi connectivity index (χ1v) is 10.5. The zero-order valence-corrected chi connectivity index (χ0v) is 16.7. The van der Waals surface area contributed by atoms with E-state index in [1.165, 1.54) is 24.0 Å². The predicted octanol–water partition coefficient (Wildman–Crippen LogP) is 2.93. The van der Waals surface area contributed by atoms with E-state index in [4.69, 9.17) is 0 Å². The van der Waals surface area contributed by atoms with Gasteiger partial charge >= 0.3 is 0 Å². The summed E-state index contributed by atoms with van der Waals surface area (Å²) in [4.78, 5) is 16.6. The lowest BCUT2D eigenvalue weighted by Gasteiger charge is -2.36. The molecule has 1 aliphatic rings. The maximum Gasteiger partial charge on any atom is 0.251 e. The molecule has 0 unspecified atom stereocenters. The number of rotatable bonds is 6. The van der Waals surface area contributed by atoms with E-state index >= 15 is 0 Å². The minimum Gasteiger partial charge on any atom is -0.350 e. The van der Waals surface area contributed by atoms with Crippen molar-refractivity contribution in [2.75, 3.05) is 19.6 Å². The molecule has 0 spiro atoms. The third kappa shape index (κ3) is 4.28. The fraction of sp³-hybridized carbons (Fsp3) is 0.400. The Balaban J connectivity index is 1.45. The molecule has 2 aromatic heterocycles. The number of thiophene rings is 1. The van der Waals surface area contributed by atoms with Crippen LogP contribution in [0.5, 0.6) is 0 Å². The number of tetrazole rings is 1. The first-order chi connectivity index (χ1) is 13.7. The molecule has 1 aliphatic heterocycles. The van der Waals surface area contributed by atoms with Crippen molar-refractivity contribution in [3.05, 3.63) is 58.5 Å². The van der Waals surface area contributed by atoms with Gasteiger partial charge in [0.1, 0.15) is 6.33 Å². The Labute approximate surface area is 168 Å². The van der Waals surface area contributed by atoms with Crippen LogP contribution in [-0.2, 0) is 0 Å². The highest BCUT2D eigenvalue weighted by Gasteiger charge is 2.25. The quantitative estimate of drug-likeness (QED) is 0.693.